The lowest BCUT2D eigenvalue weighted by molar-refractivity contribution is 0.674. The van der Waals surface area contributed by atoms with Crippen LogP contribution in [0.4, 0.5) is 0 Å². The molecule has 0 N–H and O–H groups in total. The molecule has 5 heteroatoms. The summed E-state index contributed by atoms with van der Waals surface area (Å²) in [5.74, 6) is 1.88. The summed E-state index contributed by atoms with van der Waals surface area (Å²) in [5.41, 5.74) is 10.2. The van der Waals surface area contributed by atoms with Crippen molar-refractivity contribution in [2.24, 2.45) is 0 Å². The summed E-state index contributed by atoms with van der Waals surface area (Å²) in [6.07, 6.45) is 0. The van der Waals surface area contributed by atoms with Gasteiger partial charge >= 0.3 is 0 Å². The largest absolute Gasteiger partial charge is 0.455 e. The van der Waals surface area contributed by atoms with Crippen LogP contribution in [0.1, 0.15) is 0 Å². The van der Waals surface area contributed by atoms with Gasteiger partial charge in [-0.05, 0) is 39.2 Å². The second-order valence-electron chi connectivity index (χ2n) is 16.3. The minimum Gasteiger partial charge on any atom is -0.455 e. The van der Waals surface area contributed by atoms with Crippen LogP contribution in [0, 0.1) is 0 Å². The van der Waals surface area contributed by atoms with E-state index in [1.54, 1.807) is 0 Å². The minimum absolute atomic E-state index is 0.613. The molecular weight excluding hydrogens is 757 g/mol. The highest BCUT2D eigenvalue weighted by Gasteiger charge is 2.26. The van der Waals surface area contributed by atoms with Gasteiger partial charge in [0.2, 0.25) is 0 Å². The lowest BCUT2D eigenvalue weighted by atomic mass is 9.98. The number of para-hydroxylation sites is 3. The van der Waals surface area contributed by atoms with Gasteiger partial charge in [-0.2, -0.15) is 0 Å². The maximum Gasteiger partial charge on any atom is 0.164 e. The smallest absolute Gasteiger partial charge is 0.164 e. The summed E-state index contributed by atoms with van der Waals surface area (Å²) in [4.78, 5) is 15.0. The lowest BCUT2D eigenvalue weighted by Crippen LogP contribution is -2.00. The first-order valence-electron chi connectivity index (χ1n) is 21.0. The second-order valence-corrected chi connectivity index (χ2v) is 16.3. The predicted octanol–water partition coefficient (Wildman–Crippen LogP) is 15.0. The standard InChI is InChI=1S/C57H32N4O/c1-3-15-33(16-4-1)55-58-56(34-17-5-2-6-18-34)60-57(59-55)36-20-11-19-35(31-36)37-25-12-29-45-48-32-47-41-24-10-8-22-39(41)38-21-7-9-23-40(38)42-26-13-27-43-44-28-14-30-46-49(54(48)62-53(37)45)52(47)61(50(42)43)51(44)46/h1-32H. The molecule has 0 bridgehead atoms. The Morgan fingerprint density at radius 2 is 0.726 bits per heavy atom. The molecule has 0 aliphatic carbocycles. The molecule has 14 aromatic rings. The molecule has 0 saturated heterocycles. The van der Waals surface area contributed by atoms with Crippen LogP contribution in [-0.2, 0) is 0 Å². The Labute approximate surface area is 354 Å². The number of nitrogens with zero attached hydrogens (tertiary/aromatic N) is 4. The normalized spacial score (nSPS) is 12.2. The zero-order valence-electron chi connectivity index (χ0n) is 33.2. The van der Waals surface area contributed by atoms with Crippen LogP contribution < -0.4 is 0 Å². The molecular formula is C57H32N4O. The first-order valence-corrected chi connectivity index (χ1v) is 21.0. The number of rotatable bonds is 4. The average Bonchev–Trinajstić information content (AvgIpc) is 4.02. The van der Waals surface area contributed by atoms with Crippen LogP contribution in [-0.4, -0.2) is 19.4 Å². The Morgan fingerprint density at radius 1 is 0.290 bits per heavy atom. The van der Waals surface area contributed by atoms with Gasteiger partial charge in [-0.25, -0.2) is 15.0 Å². The summed E-state index contributed by atoms with van der Waals surface area (Å²) in [6.45, 7) is 0. The number of hydrogen-bond acceptors (Lipinski definition) is 4. The van der Waals surface area contributed by atoms with Gasteiger partial charge in [-0.3, -0.25) is 0 Å². The Morgan fingerprint density at radius 3 is 1.37 bits per heavy atom. The van der Waals surface area contributed by atoms with Crippen LogP contribution in [0.3, 0.4) is 0 Å². The lowest BCUT2D eigenvalue weighted by Gasteiger charge is -2.10. The van der Waals surface area contributed by atoms with Crippen molar-refractivity contribution < 1.29 is 4.42 Å². The number of fused-ring (bicyclic) bond motifs is 11. The van der Waals surface area contributed by atoms with E-state index in [0.717, 1.165) is 55.1 Å². The molecule has 62 heavy (non-hydrogen) atoms. The molecule has 286 valence electrons. The number of furan rings is 1. The summed E-state index contributed by atoms with van der Waals surface area (Å²) in [5, 5.41) is 14.3. The molecule has 0 saturated carbocycles. The Bertz CT molecular complexity index is 4090. The third-order valence-electron chi connectivity index (χ3n) is 12.9. The van der Waals surface area contributed by atoms with Crippen molar-refractivity contribution in [3.8, 4) is 45.3 Å². The highest BCUT2D eigenvalue weighted by atomic mass is 16.3. The van der Waals surface area contributed by atoms with Gasteiger partial charge in [0, 0.05) is 60.0 Å². The van der Waals surface area contributed by atoms with Crippen molar-refractivity contribution >= 4 is 92.4 Å². The first kappa shape index (κ1) is 33.4. The van der Waals surface area contributed by atoms with Crippen molar-refractivity contribution in [1.29, 1.82) is 0 Å². The van der Waals surface area contributed by atoms with E-state index >= 15 is 0 Å². The molecule has 5 aromatic heterocycles. The maximum atomic E-state index is 7.30. The van der Waals surface area contributed by atoms with Crippen molar-refractivity contribution in [2.75, 3.05) is 0 Å². The predicted molar refractivity (Wildman–Crippen MR) is 256 cm³/mol. The van der Waals surface area contributed by atoms with E-state index in [2.05, 4.69) is 138 Å². The number of hydrogen-bond donors (Lipinski definition) is 0. The minimum atomic E-state index is 0.613. The van der Waals surface area contributed by atoms with Crippen LogP contribution in [0.2, 0.25) is 0 Å². The van der Waals surface area contributed by atoms with Crippen LogP contribution >= 0.6 is 0 Å². The van der Waals surface area contributed by atoms with Gasteiger partial charge in [0.25, 0.3) is 0 Å². The van der Waals surface area contributed by atoms with Crippen molar-refractivity contribution in [1.82, 2.24) is 19.4 Å². The molecule has 0 spiro atoms. The molecule has 5 nitrogen and oxygen atoms in total. The average molecular weight is 789 g/mol. The van der Waals surface area contributed by atoms with Gasteiger partial charge in [0.15, 0.2) is 17.5 Å². The topological polar surface area (TPSA) is 56.2 Å². The van der Waals surface area contributed by atoms with Gasteiger partial charge < -0.3 is 8.82 Å². The summed E-state index contributed by atoms with van der Waals surface area (Å²) in [7, 11) is 0. The molecule has 5 heterocycles. The van der Waals surface area contributed by atoms with Gasteiger partial charge in [-0.15, -0.1) is 0 Å². The highest BCUT2D eigenvalue weighted by Crippen LogP contribution is 2.49. The zero-order chi connectivity index (χ0) is 40.5. The monoisotopic (exact) mass is 788 g/mol. The van der Waals surface area contributed by atoms with E-state index in [1.165, 1.54) is 65.0 Å². The highest BCUT2D eigenvalue weighted by molar-refractivity contribution is 6.37. The molecule has 0 unspecified atom stereocenters. The quantitative estimate of drug-likeness (QED) is 0.178. The molecule has 14 rings (SSSR count). The zero-order valence-corrected chi connectivity index (χ0v) is 33.2. The molecule has 0 aliphatic heterocycles. The van der Waals surface area contributed by atoms with Gasteiger partial charge in [-0.1, -0.05) is 182 Å². The summed E-state index contributed by atoms with van der Waals surface area (Å²) < 4.78 is 9.84. The van der Waals surface area contributed by atoms with E-state index in [-0.39, 0.29) is 0 Å². The first-order chi connectivity index (χ1) is 30.8. The van der Waals surface area contributed by atoms with E-state index < -0.39 is 0 Å². The molecule has 0 atom stereocenters. The molecule has 0 radical (unpaired) electrons. The van der Waals surface area contributed by atoms with E-state index in [4.69, 9.17) is 19.4 Å². The van der Waals surface area contributed by atoms with E-state index in [0.29, 0.717) is 17.5 Å². The van der Waals surface area contributed by atoms with Crippen LogP contribution in [0.5, 0.6) is 0 Å². The fourth-order valence-corrected chi connectivity index (χ4v) is 10.3. The third-order valence-corrected chi connectivity index (χ3v) is 12.9. The summed E-state index contributed by atoms with van der Waals surface area (Å²) >= 11 is 0. The molecule has 0 amide bonds. The molecule has 9 aromatic carbocycles. The van der Waals surface area contributed by atoms with Crippen LogP contribution in [0.15, 0.2) is 199 Å². The Kier molecular flexibility index (Phi) is 6.77. The fraction of sp³-hybridized carbons (Fsp3) is 0. The second kappa shape index (κ2) is 12.6. The third kappa shape index (κ3) is 4.59. The van der Waals surface area contributed by atoms with Gasteiger partial charge in [0.05, 0.1) is 21.9 Å². The molecule has 0 fully saturated rings. The number of aromatic nitrogens is 4. The van der Waals surface area contributed by atoms with Gasteiger partial charge in [0.1, 0.15) is 11.2 Å². The van der Waals surface area contributed by atoms with E-state index in [1.807, 2.05) is 60.7 Å². The summed E-state index contributed by atoms with van der Waals surface area (Å²) in [6, 6.07) is 68.9. The SMILES string of the molecule is c1ccc(-c2nc(-c3ccccc3)nc(-c3cccc(-c4cccc5c4oc4c5cc5c6ccccc6c6ccccc6c6cccc7c8cccc9c4c5n(c67)c89)c3)n2)cc1. The maximum absolute atomic E-state index is 7.30. The Hall–Kier alpha value is -8.41. The van der Waals surface area contributed by atoms with Crippen molar-refractivity contribution in [3.63, 3.8) is 0 Å². The van der Waals surface area contributed by atoms with Crippen LogP contribution in [0.25, 0.3) is 138 Å². The van der Waals surface area contributed by atoms with E-state index in [9.17, 15) is 0 Å². The fourth-order valence-electron chi connectivity index (χ4n) is 10.3. The molecule has 0 aliphatic rings. The number of benzene rings is 9. The Balaban J connectivity index is 1.07. The van der Waals surface area contributed by atoms with Crippen molar-refractivity contribution in [2.45, 2.75) is 0 Å². The van der Waals surface area contributed by atoms with Crippen molar-refractivity contribution in [3.05, 3.63) is 194 Å².